The molecule has 1 amide bonds. The van der Waals surface area contributed by atoms with Gasteiger partial charge in [-0.1, -0.05) is 30.4 Å². The van der Waals surface area contributed by atoms with Gasteiger partial charge in [0.05, 0.1) is 6.10 Å². The number of hydroxylamine groups is 1. The van der Waals surface area contributed by atoms with Crippen molar-refractivity contribution < 1.29 is 15.1 Å². The second-order valence-corrected chi connectivity index (χ2v) is 6.23. The molecule has 3 N–H and O–H groups in total. The molecule has 0 heterocycles. The molecule has 1 atom stereocenters. The maximum Gasteiger partial charge on any atom is 0.243 e. The van der Waals surface area contributed by atoms with Gasteiger partial charge in [0, 0.05) is 22.4 Å². The van der Waals surface area contributed by atoms with Crippen molar-refractivity contribution in [1.82, 2.24) is 5.48 Å². The van der Waals surface area contributed by atoms with E-state index < -0.39 is 12.0 Å². The van der Waals surface area contributed by atoms with Crippen LogP contribution in [0.5, 0.6) is 0 Å². The van der Waals surface area contributed by atoms with Crippen molar-refractivity contribution in [3.8, 4) is 11.8 Å². The molecule has 0 aliphatic rings. The van der Waals surface area contributed by atoms with Gasteiger partial charge in [-0.15, -0.1) is 12.6 Å². The summed E-state index contributed by atoms with van der Waals surface area (Å²) in [5.41, 5.74) is 4.23. The highest BCUT2D eigenvalue weighted by Gasteiger charge is 2.07. The minimum atomic E-state index is -0.567. The number of carbonyl (C=O) groups is 1. The number of nitrogens with one attached hydrogen (secondary N) is 1. The third-order valence-corrected chi connectivity index (χ3v) is 4.07. The SMILES string of the molecule is O=C(CCCC[C@@H](O)c1ccc(C#Cc2ccc(S)cc2)cc1)NO. The maximum absolute atomic E-state index is 10.9. The van der Waals surface area contributed by atoms with E-state index in [4.69, 9.17) is 5.21 Å². The highest BCUT2D eigenvalue weighted by atomic mass is 32.1. The summed E-state index contributed by atoms with van der Waals surface area (Å²) in [6.45, 7) is 0. The molecule has 0 radical (unpaired) electrons. The number of amides is 1. The molecular formula is C20H21NO3S. The van der Waals surface area contributed by atoms with E-state index in [9.17, 15) is 9.90 Å². The van der Waals surface area contributed by atoms with E-state index in [1.165, 1.54) is 0 Å². The molecule has 0 bridgehead atoms. The summed E-state index contributed by atoms with van der Waals surface area (Å²) in [4.78, 5) is 11.8. The second kappa shape index (κ2) is 9.90. The van der Waals surface area contributed by atoms with Crippen LogP contribution in [0.25, 0.3) is 0 Å². The predicted octanol–water partition coefficient (Wildman–Crippen LogP) is 3.47. The smallest absolute Gasteiger partial charge is 0.243 e. The average molecular weight is 355 g/mol. The molecule has 2 aromatic carbocycles. The summed E-state index contributed by atoms with van der Waals surface area (Å²) < 4.78 is 0. The first-order chi connectivity index (χ1) is 12.1. The largest absolute Gasteiger partial charge is 0.388 e. The number of unbranched alkanes of at least 4 members (excludes halogenated alkanes) is 1. The highest BCUT2D eigenvalue weighted by Crippen LogP contribution is 2.20. The third kappa shape index (κ3) is 6.63. The molecule has 0 unspecified atom stereocenters. The number of benzene rings is 2. The zero-order chi connectivity index (χ0) is 18.1. The Morgan fingerprint density at radius 3 is 2.12 bits per heavy atom. The molecule has 0 aliphatic carbocycles. The Hall–Kier alpha value is -2.26. The van der Waals surface area contributed by atoms with Crippen LogP contribution in [-0.2, 0) is 4.79 Å². The van der Waals surface area contributed by atoms with Crippen molar-refractivity contribution in [2.24, 2.45) is 0 Å². The molecule has 0 aromatic heterocycles. The number of hydrogen-bond acceptors (Lipinski definition) is 4. The van der Waals surface area contributed by atoms with Crippen LogP contribution in [0, 0.1) is 11.8 Å². The lowest BCUT2D eigenvalue weighted by Crippen LogP contribution is -2.17. The van der Waals surface area contributed by atoms with Crippen LogP contribution in [0.4, 0.5) is 0 Å². The van der Waals surface area contributed by atoms with E-state index >= 15 is 0 Å². The Labute approximate surface area is 153 Å². The molecule has 0 fully saturated rings. The maximum atomic E-state index is 10.9. The molecule has 5 heteroatoms. The van der Waals surface area contributed by atoms with Crippen molar-refractivity contribution in [3.05, 3.63) is 65.2 Å². The van der Waals surface area contributed by atoms with E-state index in [0.29, 0.717) is 19.3 Å². The van der Waals surface area contributed by atoms with Crippen molar-refractivity contribution >= 4 is 18.5 Å². The Morgan fingerprint density at radius 1 is 1.00 bits per heavy atom. The fourth-order valence-corrected chi connectivity index (χ4v) is 2.47. The average Bonchev–Trinajstić information content (AvgIpc) is 2.64. The van der Waals surface area contributed by atoms with Crippen LogP contribution >= 0.6 is 12.6 Å². The standard InChI is InChI=1S/C20H21NO3S/c22-19(3-1-2-4-20(23)21-24)17-11-7-15(8-12-17)5-6-16-9-13-18(25)14-10-16/h7-14,19,22,24-25H,1-4H2,(H,21,23)/t19-/m1/s1. The van der Waals surface area contributed by atoms with Crippen molar-refractivity contribution in [3.63, 3.8) is 0 Å². The third-order valence-electron chi connectivity index (χ3n) is 3.77. The van der Waals surface area contributed by atoms with Gasteiger partial charge in [0.25, 0.3) is 0 Å². The first-order valence-corrected chi connectivity index (χ1v) is 8.55. The molecule has 2 aromatic rings. The lowest BCUT2D eigenvalue weighted by Gasteiger charge is -2.10. The van der Waals surface area contributed by atoms with Gasteiger partial charge < -0.3 is 5.11 Å². The molecule has 130 valence electrons. The normalized spacial score (nSPS) is 11.3. The monoisotopic (exact) mass is 355 g/mol. The fraction of sp³-hybridized carbons (Fsp3) is 0.250. The van der Waals surface area contributed by atoms with Gasteiger partial charge in [0.2, 0.25) is 5.91 Å². The van der Waals surface area contributed by atoms with Crippen LogP contribution in [0.1, 0.15) is 48.5 Å². The van der Waals surface area contributed by atoms with Crippen molar-refractivity contribution in [2.45, 2.75) is 36.7 Å². The van der Waals surface area contributed by atoms with E-state index in [0.717, 1.165) is 21.6 Å². The predicted molar refractivity (Wildman–Crippen MR) is 99.5 cm³/mol. The zero-order valence-electron chi connectivity index (χ0n) is 13.8. The lowest BCUT2D eigenvalue weighted by molar-refractivity contribution is -0.129. The quantitative estimate of drug-likeness (QED) is 0.211. The Kier molecular flexibility index (Phi) is 7.55. The van der Waals surface area contributed by atoms with E-state index in [-0.39, 0.29) is 6.42 Å². The Bertz CT molecular complexity index is 745. The van der Waals surface area contributed by atoms with Gasteiger partial charge in [-0.25, -0.2) is 5.48 Å². The highest BCUT2D eigenvalue weighted by molar-refractivity contribution is 7.80. The van der Waals surface area contributed by atoms with Crippen LogP contribution in [0.2, 0.25) is 0 Å². The summed E-state index contributed by atoms with van der Waals surface area (Å²) in [5.74, 6) is 5.78. The topological polar surface area (TPSA) is 69.6 Å². The number of thiol groups is 1. The van der Waals surface area contributed by atoms with E-state index in [1.54, 1.807) is 5.48 Å². The Morgan fingerprint density at radius 2 is 1.56 bits per heavy atom. The molecule has 0 saturated carbocycles. The van der Waals surface area contributed by atoms with Gasteiger partial charge in [0.1, 0.15) is 0 Å². The van der Waals surface area contributed by atoms with Crippen LogP contribution in [0.3, 0.4) is 0 Å². The number of hydrogen-bond donors (Lipinski definition) is 4. The van der Waals surface area contributed by atoms with E-state index in [2.05, 4.69) is 24.5 Å². The number of aliphatic hydroxyl groups is 1. The minimum Gasteiger partial charge on any atom is -0.388 e. The molecule has 0 spiro atoms. The molecule has 0 aliphatic heterocycles. The molecule has 2 rings (SSSR count). The minimum absolute atomic E-state index is 0.256. The summed E-state index contributed by atoms with van der Waals surface area (Å²) in [7, 11) is 0. The van der Waals surface area contributed by atoms with Crippen LogP contribution < -0.4 is 5.48 Å². The number of carbonyl (C=O) groups excluding carboxylic acids is 1. The van der Waals surface area contributed by atoms with E-state index in [1.807, 2.05) is 48.5 Å². The van der Waals surface area contributed by atoms with Crippen molar-refractivity contribution in [2.75, 3.05) is 0 Å². The van der Waals surface area contributed by atoms with Gasteiger partial charge in [0.15, 0.2) is 0 Å². The van der Waals surface area contributed by atoms with Crippen LogP contribution in [0.15, 0.2) is 53.4 Å². The van der Waals surface area contributed by atoms with Gasteiger partial charge in [-0.3, -0.25) is 10.0 Å². The number of rotatable bonds is 6. The van der Waals surface area contributed by atoms with Crippen LogP contribution in [-0.4, -0.2) is 16.2 Å². The van der Waals surface area contributed by atoms with Gasteiger partial charge >= 0.3 is 0 Å². The molecular weight excluding hydrogens is 334 g/mol. The van der Waals surface area contributed by atoms with Crippen molar-refractivity contribution in [1.29, 1.82) is 0 Å². The summed E-state index contributed by atoms with van der Waals surface area (Å²) in [6, 6.07) is 15.1. The lowest BCUT2D eigenvalue weighted by atomic mass is 10.0. The van der Waals surface area contributed by atoms with Gasteiger partial charge in [-0.2, -0.15) is 0 Å². The first-order valence-electron chi connectivity index (χ1n) is 8.10. The molecule has 25 heavy (non-hydrogen) atoms. The zero-order valence-corrected chi connectivity index (χ0v) is 14.7. The first kappa shape index (κ1) is 19.1. The summed E-state index contributed by atoms with van der Waals surface area (Å²) >= 11 is 4.24. The Balaban J connectivity index is 1.86. The summed E-state index contributed by atoms with van der Waals surface area (Å²) in [5, 5.41) is 18.6. The fourth-order valence-electron chi connectivity index (χ4n) is 2.32. The number of aliphatic hydroxyl groups excluding tert-OH is 1. The second-order valence-electron chi connectivity index (χ2n) is 5.72. The molecule has 0 saturated heterocycles. The van der Waals surface area contributed by atoms with Gasteiger partial charge in [-0.05, 0) is 54.8 Å². The molecule has 4 nitrogen and oxygen atoms in total. The summed E-state index contributed by atoms with van der Waals surface area (Å²) in [6.07, 6.45) is 1.59.